The van der Waals surface area contributed by atoms with E-state index in [9.17, 15) is 0 Å². The van der Waals surface area contributed by atoms with Gasteiger partial charge in [-0.25, -0.2) is 4.99 Å². The van der Waals surface area contributed by atoms with E-state index >= 15 is 0 Å². The van der Waals surface area contributed by atoms with E-state index in [1.807, 2.05) is 17.9 Å². The number of aryl methyl sites for hydroxylation is 2. The number of rotatable bonds is 4. The Labute approximate surface area is 168 Å². The van der Waals surface area contributed by atoms with Crippen molar-refractivity contribution in [1.82, 2.24) is 20.0 Å². The number of guanidine groups is 1. The lowest BCUT2D eigenvalue weighted by Gasteiger charge is -2.27. The number of likely N-dealkylation sites (tertiary alicyclic amines) is 1. The molecular formula is C22H32N6. The van der Waals surface area contributed by atoms with Gasteiger partial charge in [0.15, 0.2) is 5.96 Å². The van der Waals surface area contributed by atoms with E-state index in [0.717, 1.165) is 45.1 Å². The number of nitrogens with zero attached hydrogens (tertiary/aromatic N) is 5. The zero-order chi connectivity index (χ0) is 19.5. The molecule has 6 nitrogen and oxygen atoms in total. The normalized spacial score (nSPS) is 19.8. The number of benzene rings is 1. The Kier molecular flexibility index (Phi) is 5.55. The summed E-state index contributed by atoms with van der Waals surface area (Å²) in [6.45, 7) is 6.96. The van der Waals surface area contributed by atoms with Crippen LogP contribution in [-0.2, 0) is 20.0 Å². The van der Waals surface area contributed by atoms with Crippen molar-refractivity contribution in [3.05, 3.63) is 47.3 Å². The molecule has 0 bridgehead atoms. The van der Waals surface area contributed by atoms with Crippen LogP contribution < -0.4 is 10.2 Å². The zero-order valence-electron chi connectivity index (χ0n) is 17.4. The molecule has 2 aliphatic heterocycles. The molecule has 0 amide bonds. The largest absolute Gasteiger partial charge is 0.374 e. The van der Waals surface area contributed by atoms with Crippen molar-refractivity contribution < 1.29 is 0 Å². The highest BCUT2D eigenvalue weighted by atomic mass is 15.3. The summed E-state index contributed by atoms with van der Waals surface area (Å²) in [5, 5.41) is 7.82. The molecule has 1 atom stereocenters. The first kappa shape index (κ1) is 18.8. The summed E-state index contributed by atoms with van der Waals surface area (Å²) in [4.78, 5) is 9.72. The van der Waals surface area contributed by atoms with Gasteiger partial charge in [0, 0.05) is 58.1 Å². The van der Waals surface area contributed by atoms with Gasteiger partial charge in [-0.2, -0.15) is 5.10 Å². The molecule has 1 unspecified atom stereocenters. The first-order chi connectivity index (χ1) is 13.6. The van der Waals surface area contributed by atoms with Gasteiger partial charge in [0.25, 0.3) is 0 Å². The maximum absolute atomic E-state index is 4.96. The number of aromatic nitrogens is 2. The molecule has 0 aliphatic carbocycles. The molecule has 2 aromatic rings. The minimum absolute atomic E-state index is 0.539. The predicted molar refractivity (Wildman–Crippen MR) is 115 cm³/mol. The Bertz CT molecular complexity index is 839. The van der Waals surface area contributed by atoms with E-state index in [2.05, 4.69) is 58.6 Å². The molecule has 1 aromatic heterocycles. The van der Waals surface area contributed by atoms with Gasteiger partial charge < -0.3 is 15.1 Å². The minimum atomic E-state index is 0.539. The van der Waals surface area contributed by atoms with Gasteiger partial charge >= 0.3 is 0 Å². The predicted octanol–water partition coefficient (Wildman–Crippen LogP) is 2.76. The lowest BCUT2D eigenvalue weighted by Crippen LogP contribution is -2.40. The highest BCUT2D eigenvalue weighted by molar-refractivity contribution is 5.80. The van der Waals surface area contributed by atoms with Crippen molar-refractivity contribution in [2.24, 2.45) is 12.0 Å². The molecule has 150 valence electrons. The van der Waals surface area contributed by atoms with Gasteiger partial charge in [-0.1, -0.05) is 12.1 Å². The van der Waals surface area contributed by atoms with Crippen molar-refractivity contribution in [2.45, 2.75) is 38.6 Å². The highest BCUT2D eigenvalue weighted by Crippen LogP contribution is 2.28. The maximum Gasteiger partial charge on any atom is 0.194 e. The molecule has 1 aromatic carbocycles. The van der Waals surface area contributed by atoms with Crippen LogP contribution in [0.3, 0.4) is 0 Å². The van der Waals surface area contributed by atoms with Crippen LogP contribution >= 0.6 is 0 Å². The molecule has 28 heavy (non-hydrogen) atoms. The first-order valence-corrected chi connectivity index (χ1v) is 10.5. The van der Waals surface area contributed by atoms with Crippen molar-refractivity contribution in [1.29, 1.82) is 0 Å². The lowest BCUT2D eigenvalue weighted by atomic mass is 10.00. The molecule has 4 rings (SSSR count). The topological polar surface area (TPSA) is 48.7 Å². The SMILES string of the molecule is CCNC(=NCc1ccc2c(c1)CCCN2C)N1CCC(c2cnn(C)c2)C1. The van der Waals surface area contributed by atoms with Crippen molar-refractivity contribution in [3.8, 4) is 0 Å². The smallest absolute Gasteiger partial charge is 0.194 e. The monoisotopic (exact) mass is 380 g/mol. The summed E-state index contributed by atoms with van der Waals surface area (Å²) < 4.78 is 1.89. The number of nitrogens with one attached hydrogen (secondary N) is 1. The van der Waals surface area contributed by atoms with Gasteiger partial charge in [-0.05, 0) is 48.9 Å². The average molecular weight is 381 g/mol. The minimum Gasteiger partial charge on any atom is -0.374 e. The third-order valence-electron chi connectivity index (χ3n) is 5.93. The molecule has 0 radical (unpaired) electrons. The van der Waals surface area contributed by atoms with Gasteiger partial charge in [-0.15, -0.1) is 0 Å². The molecule has 0 spiro atoms. The Morgan fingerprint density at radius 3 is 2.96 bits per heavy atom. The van der Waals surface area contributed by atoms with Crippen LogP contribution in [0.4, 0.5) is 5.69 Å². The van der Waals surface area contributed by atoms with E-state index in [4.69, 9.17) is 4.99 Å². The Morgan fingerprint density at radius 2 is 2.18 bits per heavy atom. The molecule has 1 fully saturated rings. The van der Waals surface area contributed by atoms with Crippen molar-refractivity contribution in [2.75, 3.05) is 38.1 Å². The summed E-state index contributed by atoms with van der Waals surface area (Å²) in [5.41, 5.74) is 5.47. The fraction of sp³-hybridized carbons (Fsp3) is 0.545. The second-order valence-electron chi connectivity index (χ2n) is 8.04. The van der Waals surface area contributed by atoms with E-state index in [1.54, 1.807) is 0 Å². The number of aliphatic imine (C=N–C) groups is 1. The van der Waals surface area contributed by atoms with Crippen molar-refractivity contribution in [3.63, 3.8) is 0 Å². The maximum atomic E-state index is 4.96. The molecule has 1 N–H and O–H groups in total. The standard InChI is InChI=1S/C22H32N6/c1-4-23-22(28-11-9-19(16-28)20-14-25-27(3)15-20)24-13-17-7-8-21-18(12-17)6-5-10-26(21)2/h7-8,12,14-15,19H,4-6,9-11,13,16H2,1-3H3,(H,23,24). The van der Waals surface area contributed by atoms with E-state index in [0.29, 0.717) is 5.92 Å². The summed E-state index contributed by atoms with van der Waals surface area (Å²) >= 11 is 0. The Morgan fingerprint density at radius 1 is 1.29 bits per heavy atom. The van der Waals surface area contributed by atoms with Gasteiger partial charge in [0.05, 0.1) is 12.7 Å². The third-order valence-corrected chi connectivity index (χ3v) is 5.93. The molecular weight excluding hydrogens is 348 g/mol. The fourth-order valence-electron chi connectivity index (χ4n) is 4.40. The second kappa shape index (κ2) is 8.25. The molecule has 1 saturated heterocycles. The van der Waals surface area contributed by atoms with Gasteiger partial charge in [-0.3, -0.25) is 4.68 Å². The Hall–Kier alpha value is -2.50. The second-order valence-corrected chi connectivity index (χ2v) is 8.04. The van der Waals surface area contributed by atoms with Crippen LogP contribution in [0.5, 0.6) is 0 Å². The number of hydrogen-bond donors (Lipinski definition) is 1. The number of hydrogen-bond acceptors (Lipinski definition) is 3. The molecule has 2 aliphatic rings. The fourth-order valence-corrected chi connectivity index (χ4v) is 4.40. The third kappa shape index (κ3) is 4.01. The Balaban J connectivity index is 1.45. The van der Waals surface area contributed by atoms with Crippen LogP contribution in [0.25, 0.3) is 0 Å². The van der Waals surface area contributed by atoms with Crippen LogP contribution in [0.2, 0.25) is 0 Å². The van der Waals surface area contributed by atoms with Gasteiger partial charge in [0.1, 0.15) is 0 Å². The quantitative estimate of drug-likeness (QED) is 0.655. The summed E-state index contributed by atoms with van der Waals surface area (Å²) in [5.74, 6) is 1.57. The summed E-state index contributed by atoms with van der Waals surface area (Å²) in [6.07, 6.45) is 7.71. The first-order valence-electron chi connectivity index (χ1n) is 10.5. The zero-order valence-corrected chi connectivity index (χ0v) is 17.4. The molecule has 0 saturated carbocycles. The van der Waals surface area contributed by atoms with Crippen LogP contribution in [0, 0.1) is 0 Å². The average Bonchev–Trinajstić information content (AvgIpc) is 3.34. The van der Waals surface area contributed by atoms with Gasteiger partial charge in [0.2, 0.25) is 0 Å². The van der Waals surface area contributed by atoms with Crippen LogP contribution in [0.1, 0.15) is 42.4 Å². The highest BCUT2D eigenvalue weighted by Gasteiger charge is 2.27. The summed E-state index contributed by atoms with van der Waals surface area (Å²) in [6, 6.07) is 6.84. The summed E-state index contributed by atoms with van der Waals surface area (Å²) in [7, 11) is 4.17. The van der Waals surface area contributed by atoms with E-state index < -0.39 is 0 Å². The lowest BCUT2D eigenvalue weighted by molar-refractivity contribution is 0.486. The number of anilines is 1. The number of fused-ring (bicyclic) bond motifs is 1. The van der Waals surface area contributed by atoms with E-state index in [1.165, 1.54) is 35.2 Å². The van der Waals surface area contributed by atoms with E-state index in [-0.39, 0.29) is 0 Å². The molecule has 3 heterocycles. The van der Waals surface area contributed by atoms with Crippen molar-refractivity contribution >= 4 is 11.6 Å². The molecule has 6 heteroatoms. The van der Waals surface area contributed by atoms with Crippen LogP contribution in [-0.4, -0.2) is 53.9 Å². The van der Waals surface area contributed by atoms with Crippen LogP contribution in [0.15, 0.2) is 35.6 Å².